The van der Waals surface area contributed by atoms with Crippen molar-refractivity contribution in [1.29, 1.82) is 0 Å². The highest BCUT2D eigenvalue weighted by Crippen LogP contribution is 2.54. The smallest absolute Gasteiger partial charge is 0.252 e. The van der Waals surface area contributed by atoms with E-state index < -0.39 is 17.3 Å². The number of aromatic nitrogens is 4. The summed E-state index contributed by atoms with van der Waals surface area (Å²) < 4.78 is 55.9. The molecule has 3 aromatic rings. The lowest BCUT2D eigenvalue weighted by Crippen LogP contribution is -2.67. The Balaban J connectivity index is 1.56. The van der Waals surface area contributed by atoms with E-state index in [0.717, 1.165) is 6.20 Å². The van der Waals surface area contributed by atoms with Crippen LogP contribution in [0, 0.1) is 5.82 Å². The predicted octanol–water partition coefficient (Wildman–Crippen LogP) is 3.17. The second-order valence-electron chi connectivity index (χ2n) is 8.97. The first-order valence-corrected chi connectivity index (χ1v) is 10.6. The fourth-order valence-electron chi connectivity index (χ4n) is 4.81. The van der Waals surface area contributed by atoms with E-state index >= 15 is 0 Å². The van der Waals surface area contributed by atoms with Gasteiger partial charge in [0.15, 0.2) is 17.2 Å². The average Bonchev–Trinajstić information content (AvgIpc) is 3.15. The number of nitrogens with zero attached hydrogens (tertiary/aromatic N) is 5. The normalized spacial score (nSPS) is 22.8. The van der Waals surface area contributed by atoms with Crippen LogP contribution in [0.2, 0.25) is 0 Å². The molecular formula is C22H21F3N6O2. The lowest BCUT2D eigenvalue weighted by atomic mass is 9.71. The fourth-order valence-corrected chi connectivity index (χ4v) is 4.81. The van der Waals surface area contributed by atoms with Crippen molar-refractivity contribution < 1.29 is 22.6 Å². The van der Waals surface area contributed by atoms with Crippen LogP contribution in [0.25, 0.3) is 11.3 Å². The minimum atomic E-state index is -2.81. The van der Waals surface area contributed by atoms with Crippen LogP contribution in [-0.4, -0.2) is 50.3 Å². The zero-order valence-electron chi connectivity index (χ0n) is 17.8. The van der Waals surface area contributed by atoms with Crippen LogP contribution in [0.1, 0.15) is 30.9 Å². The third kappa shape index (κ3) is 3.17. The number of hydrogen-bond acceptors (Lipinski definition) is 7. The molecule has 2 aliphatic heterocycles. The molecule has 6 rings (SSSR count). The molecule has 1 N–H and O–H groups in total. The Morgan fingerprint density at radius 1 is 1.27 bits per heavy atom. The van der Waals surface area contributed by atoms with Gasteiger partial charge in [0, 0.05) is 24.1 Å². The maximum atomic E-state index is 14.2. The Labute approximate surface area is 187 Å². The first-order chi connectivity index (χ1) is 15.7. The molecule has 0 radical (unpaired) electrons. The van der Waals surface area contributed by atoms with E-state index in [-0.39, 0.29) is 38.0 Å². The van der Waals surface area contributed by atoms with Gasteiger partial charge in [0.25, 0.3) is 5.92 Å². The van der Waals surface area contributed by atoms with Gasteiger partial charge in [-0.2, -0.15) is 5.10 Å². The van der Waals surface area contributed by atoms with E-state index in [1.165, 1.54) is 6.07 Å². The maximum absolute atomic E-state index is 14.2. The van der Waals surface area contributed by atoms with Crippen LogP contribution >= 0.6 is 0 Å². The second kappa shape index (κ2) is 6.75. The van der Waals surface area contributed by atoms with Gasteiger partial charge in [-0.25, -0.2) is 27.7 Å². The van der Waals surface area contributed by atoms with Crippen molar-refractivity contribution in [2.75, 3.05) is 18.1 Å². The third-order valence-electron chi connectivity index (χ3n) is 6.40. The molecule has 3 aromatic heterocycles. The third-order valence-corrected chi connectivity index (χ3v) is 6.40. The summed E-state index contributed by atoms with van der Waals surface area (Å²) in [6, 6.07) is 1.32. The van der Waals surface area contributed by atoms with E-state index in [1.807, 2.05) is 6.92 Å². The molecule has 1 saturated carbocycles. The molecule has 5 heterocycles. The van der Waals surface area contributed by atoms with Crippen LogP contribution in [0.5, 0.6) is 11.6 Å². The summed E-state index contributed by atoms with van der Waals surface area (Å²) in [5, 5.41) is 7.56. The number of nitrogens with one attached hydrogen (secondary N) is 1. The summed E-state index contributed by atoms with van der Waals surface area (Å²) in [6.07, 6.45) is 3.29. The Bertz CT molecular complexity index is 1280. The molecule has 1 aliphatic carbocycles. The number of rotatable bonds is 0. The summed E-state index contributed by atoms with van der Waals surface area (Å²) in [4.78, 5) is 10.7. The molecular weight excluding hydrogens is 437 g/mol. The van der Waals surface area contributed by atoms with E-state index in [2.05, 4.69) is 22.0 Å². The van der Waals surface area contributed by atoms with Gasteiger partial charge in [-0.15, -0.1) is 0 Å². The molecule has 2 bridgehead atoms. The van der Waals surface area contributed by atoms with Crippen molar-refractivity contribution in [3.8, 4) is 11.6 Å². The molecule has 3 aliphatic rings. The largest absolute Gasteiger partial charge is 0.486 e. The number of ether oxygens (including phenoxy) is 2. The highest BCUT2D eigenvalue weighted by molar-refractivity contribution is 5.75. The quantitative estimate of drug-likeness (QED) is 0.555. The van der Waals surface area contributed by atoms with Gasteiger partial charge in [-0.05, 0) is 13.0 Å². The minimum Gasteiger partial charge on any atom is -0.486 e. The summed E-state index contributed by atoms with van der Waals surface area (Å²) in [5.74, 6) is -2.30. The first kappa shape index (κ1) is 20.1. The van der Waals surface area contributed by atoms with E-state index in [1.54, 1.807) is 21.8 Å². The van der Waals surface area contributed by atoms with Gasteiger partial charge in [-0.1, -0.05) is 6.58 Å². The molecule has 1 atom stereocenters. The monoisotopic (exact) mass is 458 g/mol. The molecule has 33 heavy (non-hydrogen) atoms. The summed E-state index contributed by atoms with van der Waals surface area (Å²) in [6.45, 7) is 6.48. The number of pyridine rings is 1. The minimum absolute atomic E-state index is 0.0561. The number of alkyl halides is 2. The highest BCUT2D eigenvalue weighted by atomic mass is 19.3. The molecule has 0 aromatic carbocycles. The number of fused-ring (bicyclic) bond motifs is 2. The van der Waals surface area contributed by atoms with Gasteiger partial charge >= 0.3 is 0 Å². The van der Waals surface area contributed by atoms with Crippen molar-refractivity contribution in [2.24, 2.45) is 0 Å². The fraction of sp³-hybridized carbons (Fsp3) is 0.409. The molecule has 1 fully saturated rings. The van der Waals surface area contributed by atoms with Gasteiger partial charge < -0.3 is 19.7 Å². The second-order valence-corrected chi connectivity index (χ2v) is 8.97. The Kier molecular flexibility index (Phi) is 4.12. The SMILES string of the molecule is C=C1NC[C@H](C)Oc2ncc(F)cc2CN2c3nc4c1cnn4cc3OCC21CC(F)(F)C1. The standard InChI is InChI=1S/C22H21F3N6O2/c1-12-4-26-13(2)16-6-28-31-8-17-19(29-18(16)31)30(21(11-32-17)9-22(24,25)10-21)7-14-3-15(23)5-27-20(14)33-12/h3,5-6,8,12,26H,2,4,7,9-11H2,1H3/t12-/m0/s1. The maximum Gasteiger partial charge on any atom is 0.252 e. The molecule has 172 valence electrons. The van der Waals surface area contributed by atoms with Crippen LogP contribution in [0.3, 0.4) is 0 Å². The van der Waals surface area contributed by atoms with Crippen molar-refractivity contribution in [2.45, 2.75) is 43.9 Å². The number of halogens is 3. The molecule has 0 amide bonds. The first-order valence-electron chi connectivity index (χ1n) is 10.6. The van der Waals surface area contributed by atoms with Gasteiger partial charge in [-0.3, -0.25) is 0 Å². The van der Waals surface area contributed by atoms with Crippen LogP contribution in [0.4, 0.5) is 19.0 Å². The summed E-state index contributed by atoms with van der Waals surface area (Å²) >= 11 is 0. The van der Waals surface area contributed by atoms with Crippen LogP contribution in [0.15, 0.2) is 31.2 Å². The lowest BCUT2D eigenvalue weighted by molar-refractivity contribution is -0.137. The molecule has 1 spiro atoms. The Morgan fingerprint density at radius 2 is 2.09 bits per heavy atom. The zero-order valence-corrected chi connectivity index (χ0v) is 17.8. The van der Waals surface area contributed by atoms with E-state index in [0.29, 0.717) is 40.6 Å². The van der Waals surface area contributed by atoms with Gasteiger partial charge in [0.05, 0.1) is 42.8 Å². The van der Waals surface area contributed by atoms with Crippen LogP contribution < -0.4 is 19.7 Å². The molecule has 0 saturated heterocycles. The van der Waals surface area contributed by atoms with Crippen molar-refractivity contribution in [3.63, 3.8) is 0 Å². The lowest BCUT2D eigenvalue weighted by Gasteiger charge is -2.56. The Morgan fingerprint density at radius 3 is 2.88 bits per heavy atom. The number of hydrogen-bond donors (Lipinski definition) is 1. The number of anilines is 1. The zero-order chi connectivity index (χ0) is 23.0. The average molecular weight is 458 g/mol. The van der Waals surface area contributed by atoms with Gasteiger partial charge in [0.1, 0.15) is 18.5 Å². The van der Waals surface area contributed by atoms with E-state index in [4.69, 9.17) is 14.5 Å². The summed E-state index contributed by atoms with van der Waals surface area (Å²) in [7, 11) is 0. The van der Waals surface area contributed by atoms with E-state index in [9.17, 15) is 13.2 Å². The van der Waals surface area contributed by atoms with Gasteiger partial charge in [0.2, 0.25) is 5.88 Å². The van der Waals surface area contributed by atoms with Crippen molar-refractivity contribution >= 4 is 17.2 Å². The molecule has 0 unspecified atom stereocenters. The molecule has 11 heteroatoms. The molecule has 8 nitrogen and oxygen atoms in total. The predicted molar refractivity (Wildman–Crippen MR) is 113 cm³/mol. The van der Waals surface area contributed by atoms with Crippen molar-refractivity contribution in [1.82, 2.24) is 24.9 Å². The Hall–Kier alpha value is -3.50. The topological polar surface area (TPSA) is 76.8 Å². The highest BCUT2D eigenvalue weighted by Gasteiger charge is 2.62. The van der Waals surface area contributed by atoms with Crippen molar-refractivity contribution in [3.05, 3.63) is 48.2 Å². The summed E-state index contributed by atoms with van der Waals surface area (Å²) in [5.41, 5.74) is 1.23. The van der Waals surface area contributed by atoms with Crippen LogP contribution in [-0.2, 0) is 6.54 Å².